The Morgan fingerprint density at radius 3 is 2.69 bits per heavy atom. The summed E-state index contributed by atoms with van der Waals surface area (Å²) < 4.78 is 2.00. The van der Waals surface area contributed by atoms with Gasteiger partial charge in [-0.15, -0.1) is 24.0 Å². The number of primary amides is 1. The Kier molecular flexibility index (Phi) is 8.94. The van der Waals surface area contributed by atoms with E-state index in [0.717, 1.165) is 28.8 Å². The molecule has 26 heavy (non-hydrogen) atoms. The molecule has 0 spiro atoms. The molecule has 0 radical (unpaired) electrons. The highest BCUT2D eigenvalue weighted by molar-refractivity contribution is 14.0. The van der Waals surface area contributed by atoms with Crippen LogP contribution in [0.2, 0.25) is 5.02 Å². The molecule has 3 N–H and O–H groups in total. The molecule has 8 heteroatoms. The summed E-state index contributed by atoms with van der Waals surface area (Å²) in [7, 11) is 3.94. The summed E-state index contributed by atoms with van der Waals surface area (Å²) in [5, 5.41) is 4.00. The molecule has 0 saturated heterocycles. The maximum absolute atomic E-state index is 11.3. The first-order valence-corrected chi connectivity index (χ1v) is 8.47. The van der Waals surface area contributed by atoms with Gasteiger partial charge in [-0.2, -0.15) is 0 Å². The fourth-order valence-corrected chi connectivity index (χ4v) is 2.77. The Bertz CT molecular complexity index is 775. The largest absolute Gasteiger partial charge is 0.366 e. The maximum Gasteiger partial charge on any atom is 0.248 e. The van der Waals surface area contributed by atoms with Crippen molar-refractivity contribution in [2.24, 2.45) is 17.8 Å². The van der Waals surface area contributed by atoms with E-state index in [4.69, 9.17) is 17.3 Å². The Morgan fingerprint density at radius 2 is 2.12 bits per heavy atom. The Labute approximate surface area is 176 Å². The van der Waals surface area contributed by atoms with E-state index in [1.807, 2.05) is 54.9 Å². The summed E-state index contributed by atoms with van der Waals surface area (Å²) in [6.07, 6.45) is 1.88. The standard InChI is InChI=1S/C18H24ClN5O.HI/c1-4-21-18(24(3)12-16-9-15(19)11-23(16)2)22-10-13-6-5-7-14(8-13)17(20)25;/h5-9,11H,4,10,12H2,1-3H3,(H2,20,25)(H,21,22);1H. The number of aliphatic imine (C=N–C) groups is 1. The molecule has 0 saturated carbocycles. The van der Waals surface area contributed by atoms with E-state index in [9.17, 15) is 4.79 Å². The molecule has 0 aliphatic heterocycles. The van der Waals surface area contributed by atoms with Gasteiger partial charge in [0.05, 0.1) is 18.1 Å². The number of benzene rings is 1. The molecule has 0 aliphatic rings. The average Bonchev–Trinajstić information content (AvgIpc) is 2.88. The summed E-state index contributed by atoms with van der Waals surface area (Å²) in [6, 6.07) is 9.15. The van der Waals surface area contributed by atoms with E-state index in [-0.39, 0.29) is 24.0 Å². The highest BCUT2D eigenvalue weighted by Gasteiger charge is 2.10. The number of nitrogens with one attached hydrogen (secondary N) is 1. The summed E-state index contributed by atoms with van der Waals surface area (Å²) >= 11 is 6.05. The van der Waals surface area contributed by atoms with Gasteiger partial charge in [0.1, 0.15) is 0 Å². The number of nitrogens with zero attached hydrogens (tertiary/aromatic N) is 3. The number of amides is 1. The molecule has 1 amide bonds. The third-order valence-electron chi connectivity index (χ3n) is 3.79. The van der Waals surface area contributed by atoms with Gasteiger partial charge in [-0.1, -0.05) is 23.7 Å². The van der Waals surface area contributed by atoms with Gasteiger partial charge in [-0.3, -0.25) is 4.79 Å². The number of rotatable bonds is 6. The second kappa shape index (κ2) is 10.4. The maximum atomic E-state index is 11.3. The van der Waals surface area contributed by atoms with Crippen molar-refractivity contribution in [3.63, 3.8) is 0 Å². The van der Waals surface area contributed by atoms with Gasteiger partial charge in [-0.05, 0) is 30.7 Å². The van der Waals surface area contributed by atoms with Crippen molar-refractivity contribution in [2.45, 2.75) is 20.0 Å². The zero-order chi connectivity index (χ0) is 18.4. The average molecular weight is 490 g/mol. The predicted octanol–water partition coefficient (Wildman–Crippen LogP) is 2.99. The number of guanidine groups is 1. The number of nitrogens with two attached hydrogens (primary N) is 1. The van der Waals surface area contributed by atoms with Crippen LogP contribution >= 0.6 is 35.6 Å². The normalized spacial score (nSPS) is 11.0. The van der Waals surface area contributed by atoms with Crippen LogP contribution in [0.25, 0.3) is 0 Å². The summed E-state index contributed by atoms with van der Waals surface area (Å²) in [5.41, 5.74) is 7.84. The molecule has 2 aromatic rings. The van der Waals surface area contributed by atoms with E-state index >= 15 is 0 Å². The van der Waals surface area contributed by atoms with Crippen LogP contribution in [0.3, 0.4) is 0 Å². The monoisotopic (exact) mass is 489 g/mol. The van der Waals surface area contributed by atoms with Gasteiger partial charge in [0.15, 0.2) is 5.96 Å². The zero-order valence-electron chi connectivity index (χ0n) is 15.2. The van der Waals surface area contributed by atoms with Crippen LogP contribution in [0.1, 0.15) is 28.5 Å². The molecule has 142 valence electrons. The molecule has 1 heterocycles. The number of hydrogen-bond donors (Lipinski definition) is 2. The summed E-state index contributed by atoms with van der Waals surface area (Å²) in [5.74, 6) is 0.347. The number of carbonyl (C=O) groups is 1. The predicted molar refractivity (Wildman–Crippen MR) is 117 cm³/mol. The number of halogens is 2. The van der Waals surface area contributed by atoms with E-state index in [0.29, 0.717) is 18.7 Å². The van der Waals surface area contributed by atoms with E-state index in [1.54, 1.807) is 12.1 Å². The number of aromatic nitrogens is 1. The van der Waals surface area contributed by atoms with E-state index in [2.05, 4.69) is 10.3 Å². The second-order valence-corrected chi connectivity index (χ2v) is 6.29. The minimum atomic E-state index is -0.435. The quantitative estimate of drug-likeness (QED) is 0.372. The van der Waals surface area contributed by atoms with Gasteiger partial charge in [0.2, 0.25) is 5.91 Å². The molecule has 0 unspecified atom stereocenters. The highest BCUT2D eigenvalue weighted by Crippen LogP contribution is 2.14. The fraction of sp³-hybridized carbons (Fsp3) is 0.333. The molecule has 0 fully saturated rings. The Balaban J connectivity index is 0.00000338. The molecular formula is C18H25ClIN5O. The molecule has 0 bridgehead atoms. The SMILES string of the molecule is CCNC(=NCc1cccc(C(N)=O)c1)N(C)Cc1cc(Cl)cn1C.I. The van der Waals surface area contributed by atoms with E-state index < -0.39 is 5.91 Å². The van der Waals surface area contributed by atoms with Crippen molar-refractivity contribution in [3.05, 3.63) is 58.4 Å². The van der Waals surface area contributed by atoms with Crippen LogP contribution in [0, 0.1) is 0 Å². The fourth-order valence-electron chi connectivity index (χ4n) is 2.50. The minimum Gasteiger partial charge on any atom is -0.366 e. The summed E-state index contributed by atoms with van der Waals surface area (Å²) in [4.78, 5) is 18.0. The third-order valence-corrected chi connectivity index (χ3v) is 4.00. The van der Waals surface area contributed by atoms with Crippen molar-refractivity contribution in [2.75, 3.05) is 13.6 Å². The summed E-state index contributed by atoms with van der Waals surface area (Å²) in [6.45, 7) is 3.92. The van der Waals surface area contributed by atoms with Gasteiger partial charge in [0, 0.05) is 38.1 Å². The molecule has 1 aromatic heterocycles. The lowest BCUT2D eigenvalue weighted by molar-refractivity contribution is 0.1000. The molecule has 1 aromatic carbocycles. The van der Waals surface area contributed by atoms with Crippen molar-refractivity contribution >= 4 is 47.4 Å². The van der Waals surface area contributed by atoms with Crippen molar-refractivity contribution in [3.8, 4) is 0 Å². The lowest BCUT2D eigenvalue weighted by Crippen LogP contribution is -2.38. The van der Waals surface area contributed by atoms with Crippen LogP contribution in [0.5, 0.6) is 0 Å². The number of hydrogen-bond acceptors (Lipinski definition) is 2. The zero-order valence-corrected chi connectivity index (χ0v) is 18.3. The molecule has 2 rings (SSSR count). The first-order valence-electron chi connectivity index (χ1n) is 8.09. The van der Waals surface area contributed by atoms with Crippen LogP contribution in [-0.4, -0.2) is 34.9 Å². The lowest BCUT2D eigenvalue weighted by atomic mass is 10.1. The van der Waals surface area contributed by atoms with E-state index in [1.165, 1.54) is 0 Å². The molecule has 6 nitrogen and oxygen atoms in total. The van der Waals surface area contributed by atoms with Gasteiger partial charge >= 0.3 is 0 Å². The Morgan fingerprint density at radius 1 is 1.38 bits per heavy atom. The van der Waals surface area contributed by atoms with Crippen molar-refractivity contribution in [1.29, 1.82) is 0 Å². The molecular weight excluding hydrogens is 465 g/mol. The molecule has 0 aliphatic carbocycles. The van der Waals surface area contributed by atoms with Gasteiger partial charge in [0.25, 0.3) is 0 Å². The van der Waals surface area contributed by atoms with Crippen LogP contribution < -0.4 is 11.1 Å². The van der Waals surface area contributed by atoms with Gasteiger partial charge in [-0.25, -0.2) is 4.99 Å². The van der Waals surface area contributed by atoms with Gasteiger partial charge < -0.3 is 20.5 Å². The third kappa shape index (κ3) is 6.21. The topological polar surface area (TPSA) is 75.6 Å². The molecule has 0 atom stereocenters. The first kappa shape index (κ1) is 22.3. The van der Waals surface area contributed by atoms with Crippen molar-refractivity contribution in [1.82, 2.24) is 14.8 Å². The first-order chi connectivity index (χ1) is 11.9. The van der Waals surface area contributed by atoms with Crippen LogP contribution in [-0.2, 0) is 20.1 Å². The lowest BCUT2D eigenvalue weighted by Gasteiger charge is -2.22. The Hall–Kier alpha value is -1.74. The van der Waals surface area contributed by atoms with Crippen LogP contribution in [0.4, 0.5) is 0 Å². The smallest absolute Gasteiger partial charge is 0.248 e. The second-order valence-electron chi connectivity index (χ2n) is 5.85. The number of carbonyl (C=O) groups excluding carboxylic acids is 1. The highest BCUT2D eigenvalue weighted by atomic mass is 127. The number of aryl methyl sites for hydroxylation is 1. The minimum absolute atomic E-state index is 0. The van der Waals surface area contributed by atoms with Crippen molar-refractivity contribution < 1.29 is 4.79 Å². The van der Waals surface area contributed by atoms with Crippen LogP contribution in [0.15, 0.2) is 41.5 Å².